The van der Waals surface area contributed by atoms with Crippen LogP contribution in [0.25, 0.3) is 0 Å². The number of piperidine rings is 3. The molecule has 1 aromatic rings. The number of halogens is 1. The molecule has 0 aromatic heterocycles. The molecule has 3 fully saturated rings. The van der Waals surface area contributed by atoms with Crippen LogP contribution in [0.2, 0.25) is 0 Å². The lowest BCUT2D eigenvalue weighted by Gasteiger charge is -2.45. The van der Waals surface area contributed by atoms with E-state index in [-0.39, 0.29) is 0 Å². The van der Waals surface area contributed by atoms with Gasteiger partial charge in [-0.25, -0.2) is 0 Å². The molecule has 0 amide bonds. The third-order valence-electron chi connectivity index (χ3n) is 4.15. The van der Waals surface area contributed by atoms with Gasteiger partial charge in [-0.05, 0) is 37.9 Å². The summed E-state index contributed by atoms with van der Waals surface area (Å²) in [6, 6.07) is 4.34. The quantitative estimate of drug-likeness (QED) is 0.672. The van der Waals surface area contributed by atoms with Crippen molar-refractivity contribution in [2.75, 3.05) is 25.0 Å². The number of benzene rings is 1. The Morgan fingerprint density at radius 2 is 2.11 bits per heavy atom. The molecule has 1 aromatic carbocycles. The first-order valence-corrected chi connectivity index (χ1v) is 6.56. The molecule has 5 nitrogen and oxygen atoms in total. The summed E-state index contributed by atoms with van der Waals surface area (Å²) in [5, 5.41) is 13.9. The Labute approximate surface area is 110 Å². The minimum Gasteiger partial charge on any atom is -0.381 e. The van der Waals surface area contributed by atoms with Gasteiger partial charge in [-0.2, -0.15) is 4.39 Å². The number of hydrogen-bond acceptors (Lipinski definition) is 4. The number of hydrogen-bond donors (Lipinski definition) is 1. The minimum atomic E-state index is -0.781. The van der Waals surface area contributed by atoms with Crippen molar-refractivity contribution in [3.05, 3.63) is 34.1 Å². The summed E-state index contributed by atoms with van der Waals surface area (Å²) in [5.41, 5.74) is 0.154. The van der Waals surface area contributed by atoms with Crippen molar-refractivity contribution >= 4 is 11.4 Å². The van der Waals surface area contributed by atoms with E-state index < -0.39 is 16.4 Å². The fourth-order valence-corrected chi connectivity index (χ4v) is 3.09. The maximum absolute atomic E-state index is 13.6. The summed E-state index contributed by atoms with van der Waals surface area (Å²) < 4.78 is 13.6. The molecule has 1 unspecified atom stereocenters. The fourth-order valence-electron chi connectivity index (χ4n) is 3.09. The number of nitrogens with one attached hydrogen (secondary N) is 1. The van der Waals surface area contributed by atoms with Gasteiger partial charge in [0.1, 0.15) is 0 Å². The number of fused-ring (bicyclic) bond motifs is 3. The van der Waals surface area contributed by atoms with Gasteiger partial charge >= 0.3 is 5.69 Å². The number of nitrogens with zero attached hydrogens (tertiary/aromatic N) is 2. The van der Waals surface area contributed by atoms with Crippen LogP contribution in [0.15, 0.2) is 18.2 Å². The molecule has 6 heteroatoms. The molecule has 3 saturated heterocycles. The average Bonchev–Trinajstić information content (AvgIpc) is 2.39. The molecule has 1 N–H and O–H groups in total. The second-order valence-corrected chi connectivity index (χ2v) is 5.31. The van der Waals surface area contributed by atoms with Crippen molar-refractivity contribution in [1.82, 2.24) is 4.90 Å². The molecule has 0 radical (unpaired) electrons. The first-order valence-electron chi connectivity index (χ1n) is 6.56. The van der Waals surface area contributed by atoms with Crippen molar-refractivity contribution < 1.29 is 9.31 Å². The van der Waals surface area contributed by atoms with Gasteiger partial charge in [-0.3, -0.25) is 10.1 Å². The summed E-state index contributed by atoms with van der Waals surface area (Å²) in [7, 11) is 0. The van der Waals surface area contributed by atoms with E-state index >= 15 is 0 Å². The first kappa shape index (κ1) is 12.3. The van der Waals surface area contributed by atoms with Crippen LogP contribution < -0.4 is 5.32 Å². The van der Waals surface area contributed by atoms with Crippen molar-refractivity contribution in [1.29, 1.82) is 0 Å². The topological polar surface area (TPSA) is 58.4 Å². The van der Waals surface area contributed by atoms with Gasteiger partial charge < -0.3 is 10.2 Å². The number of rotatable bonds is 3. The molecular weight excluding hydrogens is 249 g/mol. The minimum absolute atomic E-state index is 0.323. The molecule has 3 aliphatic heterocycles. The lowest BCUT2D eigenvalue weighted by molar-refractivity contribution is -0.387. The highest BCUT2D eigenvalue weighted by Crippen LogP contribution is 2.30. The Morgan fingerprint density at radius 1 is 1.37 bits per heavy atom. The van der Waals surface area contributed by atoms with E-state index in [0.717, 1.165) is 19.6 Å². The Kier molecular flexibility index (Phi) is 3.10. The zero-order chi connectivity index (χ0) is 13.4. The zero-order valence-corrected chi connectivity index (χ0v) is 10.5. The molecule has 3 heterocycles. The standard InChI is InChI=1S/C13H16FN3O2/c14-11-7-10(1-2-13(11)17(18)19)15-12-8-16-5-3-9(12)4-6-16/h1-2,7,9,12,15H,3-6,8H2. The van der Waals surface area contributed by atoms with E-state index in [4.69, 9.17) is 0 Å². The van der Waals surface area contributed by atoms with Crippen LogP contribution in [-0.4, -0.2) is 35.5 Å². The number of anilines is 1. The smallest absolute Gasteiger partial charge is 0.304 e. The molecule has 102 valence electrons. The van der Waals surface area contributed by atoms with Crippen molar-refractivity contribution in [2.24, 2.45) is 5.92 Å². The van der Waals surface area contributed by atoms with Gasteiger partial charge in [0.25, 0.3) is 0 Å². The summed E-state index contributed by atoms with van der Waals surface area (Å²) in [4.78, 5) is 12.3. The highest BCUT2D eigenvalue weighted by atomic mass is 19.1. The molecule has 19 heavy (non-hydrogen) atoms. The summed E-state index contributed by atoms with van der Waals surface area (Å²) in [6.07, 6.45) is 2.35. The number of nitro benzene ring substituents is 1. The third-order valence-corrected chi connectivity index (χ3v) is 4.15. The van der Waals surface area contributed by atoms with E-state index in [1.165, 1.54) is 25.0 Å². The maximum Gasteiger partial charge on any atom is 0.304 e. The van der Waals surface area contributed by atoms with Gasteiger partial charge in [0, 0.05) is 30.4 Å². The largest absolute Gasteiger partial charge is 0.381 e. The normalized spacial score (nSPS) is 29.2. The highest BCUT2D eigenvalue weighted by Gasteiger charge is 2.34. The fraction of sp³-hybridized carbons (Fsp3) is 0.538. The molecule has 3 aliphatic rings. The molecule has 4 rings (SSSR count). The molecular formula is C13H16FN3O2. The van der Waals surface area contributed by atoms with Crippen molar-refractivity contribution in [3.8, 4) is 0 Å². The van der Waals surface area contributed by atoms with E-state index in [2.05, 4.69) is 10.2 Å². The van der Waals surface area contributed by atoms with Crippen LogP contribution in [0.3, 0.4) is 0 Å². The summed E-state index contributed by atoms with van der Waals surface area (Å²) >= 11 is 0. The second-order valence-electron chi connectivity index (χ2n) is 5.31. The van der Waals surface area contributed by atoms with Gasteiger partial charge in [0.2, 0.25) is 5.82 Å². The predicted octanol–water partition coefficient (Wildman–Crippen LogP) is 2.24. The van der Waals surface area contributed by atoms with Gasteiger partial charge in [0.05, 0.1) is 4.92 Å². The van der Waals surface area contributed by atoms with Crippen LogP contribution in [0.1, 0.15) is 12.8 Å². The third kappa shape index (κ3) is 2.40. The zero-order valence-electron chi connectivity index (χ0n) is 10.5. The number of nitro groups is 1. The van der Waals surface area contributed by atoms with Crippen LogP contribution >= 0.6 is 0 Å². The van der Waals surface area contributed by atoms with Crippen LogP contribution in [0.4, 0.5) is 15.8 Å². The predicted molar refractivity (Wildman–Crippen MR) is 69.6 cm³/mol. The lowest BCUT2D eigenvalue weighted by Crippen LogP contribution is -2.53. The lowest BCUT2D eigenvalue weighted by atomic mass is 9.84. The van der Waals surface area contributed by atoms with Crippen molar-refractivity contribution in [2.45, 2.75) is 18.9 Å². The Bertz CT molecular complexity index is 501. The van der Waals surface area contributed by atoms with E-state index in [9.17, 15) is 14.5 Å². The monoisotopic (exact) mass is 265 g/mol. The summed E-state index contributed by atoms with van der Waals surface area (Å²) in [6.45, 7) is 3.28. The van der Waals surface area contributed by atoms with E-state index in [1.54, 1.807) is 6.07 Å². The Morgan fingerprint density at radius 3 is 2.63 bits per heavy atom. The molecule has 0 spiro atoms. The van der Waals surface area contributed by atoms with Gasteiger partial charge in [0.15, 0.2) is 0 Å². The van der Waals surface area contributed by atoms with Gasteiger partial charge in [-0.15, -0.1) is 0 Å². The van der Waals surface area contributed by atoms with E-state index in [0.29, 0.717) is 17.6 Å². The Hall–Kier alpha value is -1.69. The Balaban J connectivity index is 1.73. The molecule has 0 aliphatic carbocycles. The molecule has 0 saturated carbocycles. The second kappa shape index (κ2) is 4.77. The van der Waals surface area contributed by atoms with E-state index in [1.807, 2.05) is 0 Å². The molecule has 1 atom stereocenters. The average molecular weight is 265 g/mol. The maximum atomic E-state index is 13.6. The van der Waals surface area contributed by atoms with Crippen LogP contribution in [0, 0.1) is 21.8 Å². The highest BCUT2D eigenvalue weighted by molar-refractivity contribution is 5.50. The SMILES string of the molecule is O=[N+]([O-])c1ccc(NC2CN3CCC2CC3)cc1F. The summed E-state index contributed by atoms with van der Waals surface area (Å²) in [5.74, 6) is -0.153. The first-order chi connectivity index (χ1) is 9.13. The van der Waals surface area contributed by atoms with Crippen molar-refractivity contribution in [3.63, 3.8) is 0 Å². The molecule has 2 bridgehead atoms. The van der Waals surface area contributed by atoms with Crippen LogP contribution in [-0.2, 0) is 0 Å². The van der Waals surface area contributed by atoms with Crippen LogP contribution in [0.5, 0.6) is 0 Å². The van der Waals surface area contributed by atoms with Gasteiger partial charge in [-0.1, -0.05) is 0 Å².